The second kappa shape index (κ2) is 5.35. The molecule has 20 heavy (non-hydrogen) atoms. The third-order valence-corrected chi connectivity index (χ3v) is 4.81. The Balaban J connectivity index is 1.85. The number of carbonyl (C=O) groups excluding carboxylic acids is 1. The predicted molar refractivity (Wildman–Crippen MR) is 81.3 cm³/mol. The number of amides is 1. The van der Waals surface area contributed by atoms with Crippen molar-refractivity contribution >= 4 is 17.3 Å². The summed E-state index contributed by atoms with van der Waals surface area (Å²) in [6.45, 7) is 0.865. The van der Waals surface area contributed by atoms with Crippen LogP contribution in [-0.2, 0) is 0 Å². The van der Waals surface area contributed by atoms with Gasteiger partial charge in [0.1, 0.15) is 0 Å². The summed E-state index contributed by atoms with van der Waals surface area (Å²) in [6, 6.07) is 5.61. The molecule has 0 spiro atoms. The molecule has 1 saturated heterocycles. The molecular weight excluding hydrogens is 250 g/mol. The van der Waals surface area contributed by atoms with Gasteiger partial charge in [0.05, 0.1) is 5.56 Å². The minimum Gasteiger partial charge on any atom is -0.399 e. The number of anilines is 2. The van der Waals surface area contributed by atoms with Crippen LogP contribution in [0.5, 0.6) is 0 Å². The molecule has 1 saturated carbocycles. The van der Waals surface area contributed by atoms with E-state index in [0.717, 1.165) is 19.4 Å². The molecule has 2 aliphatic rings. The van der Waals surface area contributed by atoms with Crippen molar-refractivity contribution in [1.82, 2.24) is 4.90 Å². The van der Waals surface area contributed by atoms with E-state index in [4.69, 9.17) is 11.5 Å². The van der Waals surface area contributed by atoms with Crippen molar-refractivity contribution in [3.8, 4) is 0 Å². The van der Waals surface area contributed by atoms with Crippen LogP contribution >= 0.6 is 0 Å². The van der Waals surface area contributed by atoms with E-state index >= 15 is 0 Å². The number of nitrogens with two attached hydrogens (primary N) is 2. The molecule has 0 bridgehead atoms. The van der Waals surface area contributed by atoms with Crippen LogP contribution in [0.1, 0.15) is 48.9 Å². The van der Waals surface area contributed by atoms with E-state index in [1.54, 1.807) is 18.2 Å². The molecular formula is C16H23N3O. The fraction of sp³-hybridized carbons (Fsp3) is 0.562. The molecule has 0 radical (unpaired) electrons. The Labute approximate surface area is 120 Å². The molecule has 2 fully saturated rings. The third kappa shape index (κ3) is 2.35. The standard InChI is InChI=1S/C16H23N3O/c17-12-7-8-13(14(18)10-12)16(20)19-9-3-5-11-4-1-2-6-15(11)19/h7-8,10-11,15H,1-6,9,17-18H2/t11-,15-/m1/s1. The monoisotopic (exact) mass is 273 g/mol. The van der Waals surface area contributed by atoms with Gasteiger partial charge < -0.3 is 16.4 Å². The summed E-state index contributed by atoms with van der Waals surface area (Å²) in [6.07, 6.45) is 7.35. The minimum absolute atomic E-state index is 0.0825. The van der Waals surface area contributed by atoms with Crippen molar-refractivity contribution in [3.05, 3.63) is 23.8 Å². The van der Waals surface area contributed by atoms with Crippen LogP contribution in [-0.4, -0.2) is 23.4 Å². The molecule has 0 unspecified atom stereocenters. The maximum atomic E-state index is 12.8. The van der Waals surface area contributed by atoms with Gasteiger partial charge in [-0.25, -0.2) is 0 Å². The first kappa shape index (κ1) is 13.3. The SMILES string of the molecule is Nc1ccc(C(=O)N2CCC[C@H]3CCCC[C@H]32)c(N)c1. The number of benzene rings is 1. The van der Waals surface area contributed by atoms with Crippen LogP contribution in [0.15, 0.2) is 18.2 Å². The van der Waals surface area contributed by atoms with Gasteiger partial charge in [0.25, 0.3) is 5.91 Å². The average molecular weight is 273 g/mol. The van der Waals surface area contributed by atoms with E-state index in [-0.39, 0.29) is 5.91 Å². The second-order valence-corrected chi connectivity index (χ2v) is 6.10. The number of hydrogen-bond acceptors (Lipinski definition) is 3. The lowest BCUT2D eigenvalue weighted by Crippen LogP contribution is -2.49. The molecule has 1 heterocycles. The first-order chi connectivity index (χ1) is 9.66. The number of likely N-dealkylation sites (tertiary alicyclic amines) is 1. The van der Waals surface area contributed by atoms with Gasteiger partial charge in [0.15, 0.2) is 0 Å². The highest BCUT2D eigenvalue weighted by molar-refractivity contribution is 6.00. The topological polar surface area (TPSA) is 72.4 Å². The number of rotatable bonds is 1. The molecule has 1 amide bonds. The Bertz CT molecular complexity index is 512. The molecule has 3 rings (SSSR count). The van der Waals surface area contributed by atoms with Gasteiger partial charge in [-0.3, -0.25) is 4.79 Å². The summed E-state index contributed by atoms with van der Waals surface area (Å²) in [4.78, 5) is 14.9. The van der Waals surface area contributed by atoms with Crippen molar-refractivity contribution in [3.63, 3.8) is 0 Å². The van der Waals surface area contributed by atoms with Gasteiger partial charge in [-0.2, -0.15) is 0 Å². The van der Waals surface area contributed by atoms with E-state index in [1.807, 2.05) is 0 Å². The van der Waals surface area contributed by atoms with Gasteiger partial charge in [-0.05, 0) is 49.8 Å². The summed E-state index contributed by atoms with van der Waals surface area (Å²) in [5, 5.41) is 0. The number of piperidine rings is 1. The van der Waals surface area contributed by atoms with Crippen molar-refractivity contribution in [2.24, 2.45) is 5.92 Å². The van der Waals surface area contributed by atoms with Gasteiger partial charge in [0.2, 0.25) is 0 Å². The van der Waals surface area contributed by atoms with E-state index in [1.165, 1.54) is 25.7 Å². The lowest BCUT2D eigenvalue weighted by atomic mass is 9.78. The van der Waals surface area contributed by atoms with E-state index in [2.05, 4.69) is 4.90 Å². The highest BCUT2D eigenvalue weighted by Crippen LogP contribution is 2.36. The number of nitrogen functional groups attached to an aromatic ring is 2. The second-order valence-electron chi connectivity index (χ2n) is 6.10. The Kier molecular flexibility index (Phi) is 3.55. The number of carbonyl (C=O) groups is 1. The first-order valence-electron chi connectivity index (χ1n) is 7.63. The van der Waals surface area contributed by atoms with Gasteiger partial charge in [0, 0.05) is 24.0 Å². The van der Waals surface area contributed by atoms with Crippen molar-refractivity contribution in [2.45, 2.75) is 44.6 Å². The maximum Gasteiger partial charge on any atom is 0.256 e. The van der Waals surface area contributed by atoms with E-state index in [9.17, 15) is 4.79 Å². The molecule has 4 nitrogen and oxygen atoms in total. The van der Waals surface area contributed by atoms with Crippen LogP contribution in [0.25, 0.3) is 0 Å². The van der Waals surface area contributed by atoms with Crippen LogP contribution < -0.4 is 11.5 Å². The third-order valence-electron chi connectivity index (χ3n) is 4.81. The number of fused-ring (bicyclic) bond motifs is 1. The zero-order chi connectivity index (χ0) is 14.1. The molecule has 108 valence electrons. The van der Waals surface area contributed by atoms with E-state index in [0.29, 0.717) is 28.9 Å². The highest BCUT2D eigenvalue weighted by atomic mass is 16.2. The normalized spacial score (nSPS) is 26.1. The summed E-state index contributed by atoms with van der Waals surface area (Å²) in [5.41, 5.74) is 13.4. The van der Waals surface area contributed by atoms with Crippen molar-refractivity contribution < 1.29 is 4.79 Å². The van der Waals surface area contributed by atoms with Crippen LogP contribution in [0, 0.1) is 5.92 Å². The number of hydrogen-bond donors (Lipinski definition) is 2. The molecule has 4 N–H and O–H groups in total. The van der Waals surface area contributed by atoms with Crippen LogP contribution in [0.3, 0.4) is 0 Å². The molecule has 0 aromatic heterocycles. The first-order valence-corrected chi connectivity index (χ1v) is 7.63. The minimum atomic E-state index is 0.0825. The molecule has 1 aromatic carbocycles. The zero-order valence-corrected chi connectivity index (χ0v) is 11.8. The molecule has 4 heteroatoms. The summed E-state index contributed by atoms with van der Waals surface area (Å²) < 4.78 is 0. The van der Waals surface area contributed by atoms with Gasteiger partial charge >= 0.3 is 0 Å². The largest absolute Gasteiger partial charge is 0.399 e. The summed E-state index contributed by atoms with van der Waals surface area (Å²) >= 11 is 0. The van der Waals surface area contributed by atoms with E-state index < -0.39 is 0 Å². The Morgan fingerprint density at radius 2 is 1.85 bits per heavy atom. The smallest absolute Gasteiger partial charge is 0.256 e. The maximum absolute atomic E-state index is 12.8. The Morgan fingerprint density at radius 1 is 1.10 bits per heavy atom. The Morgan fingerprint density at radius 3 is 2.65 bits per heavy atom. The Hall–Kier alpha value is -1.71. The van der Waals surface area contributed by atoms with Gasteiger partial charge in [-0.15, -0.1) is 0 Å². The van der Waals surface area contributed by atoms with Gasteiger partial charge in [-0.1, -0.05) is 12.8 Å². The lowest BCUT2D eigenvalue weighted by molar-refractivity contribution is 0.0391. The quantitative estimate of drug-likeness (QED) is 0.773. The summed E-state index contributed by atoms with van der Waals surface area (Å²) in [5.74, 6) is 0.774. The highest BCUT2D eigenvalue weighted by Gasteiger charge is 2.36. The molecule has 1 aromatic rings. The average Bonchev–Trinajstić information content (AvgIpc) is 2.46. The molecule has 1 aliphatic carbocycles. The van der Waals surface area contributed by atoms with Crippen LogP contribution in [0.2, 0.25) is 0 Å². The van der Waals surface area contributed by atoms with Crippen molar-refractivity contribution in [2.75, 3.05) is 18.0 Å². The lowest BCUT2D eigenvalue weighted by Gasteiger charge is -2.44. The summed E-state index contributed by atoms with van der Waals surface area (Å²) in [7, 11) is 0. The van der Waals surface area contributed by atoms with Crippen molar-refractivity contribution in [1.29, 1.82) is 0 Å². The zero-order valence-electron chi connectivity index (χ0n) is 11.8. The van der Waals surface area contributed by atoms with Crippen LogP contribution in [0.4, 0.5) is 11.4 Å². The molecule has 2 atom stereocenters. The molecule has 1 aliphatic heterocycles. The fourth-order valence-corrected chi connectivity index (χ4v) is 3.81. The number of nitrogens with zero attached hydrogens (tertiary/aromatic N) is 1. The predicted octanol–water partition coefficient (Wildman–Crippen LogP) is 2.65. The fourth-order valence-electron chi connectivity index (χ4n) is 3.81.